The molecule has 7 nitrogen and oxygen atoms in total. The van der Waals surface area contributed by atoms with Crippen LogP contribution in [0, 0.1) is 0 Å². The van der Waals surface area contributed by atoms with Crippen molar-refractivity contribution >= 4 is 32.9 Å². The molecule has 0 saturated carbocycles. The van der Waals surface area contributed by atoms with E-state index in [0.29, 0.717) is 28.3 Å². The number of nitrogens with two attached hydrogens (primary N) is 1. The van der Waals surface area contributed by atoms with Gasteiger partial charge in [-0.05, 0) is 64.9 Å². The molecule has 4 rings (SSSR count). The number of nitrogens with zero attached hydrogens (tertiary/aromatic N) is 5. The number of nitrogen functional groups attached to an aromatic ring is 1. The second-order valence-electron chi connectivity index (χ2n) is 6.99. The highest BCUT2D eigenvalue weighted by Gasteiger charge is 2.16. The van der Waals surface area contributed by atoms with Crippen LogP contribution in [0.1, 0.15) is 24.0 Å². The Morgan fingerprint density at radius 1 is 0.900 bits per heavy atom. The highest BCUT2D eigenvalue weighted by molar-refractivity contribution is 9.10. The average molecular weight is 467 g/mol. The molecular weight excluding hydrogens is 444 g/mol. The van der Waals surface area contributed by atoms with Gasteiger partial charge in [-0.15, -0.1) is 0 Å². The van der Waals surface area contributed by atoms with Crippen molar-refractivity contribution in [1.82, 2.24) is 24.5 Å². The second-order valence-corrected chi connectivity index (χ2v) is 7.70. The number of hydrogen-bond acceptors (Lipinski definition) is 6. The van der Waals surface area contributed by atoms with Crippen molar-refractivity contribution in [2.45, 2.75) is 32.2 Å². The van der Waals surface area contributed by atoms with Crippen LogP contribution in [0.2, 0.25) is 0 Å². The number of hydrogen-bond donors (Lipinski definition) is 1. The van der Waals surface area contributed by atoms with Gasteiger partial charge < -0.3 is 15.0 Å². The van der Waals surface area contributed by atoms with Gasteiger partial charge in [-0.1, -0.05) is 30.3 Å². The molecule has 0 fully saturated rings. The molecule has 0 unspecified atom stereocenters. The summed E-state index contributed by atoms with van der Waals surface area (Å²) in [6.45, 7) is 1.28. The van der Waals surface area contributed by atoms with Crippen molar-refractivity contribution in [2.24, 2.45) is 0 Å². The summed E-state index contributed by atoms with van der Waals surface area (Å²) >= 11 is 3.52. The fourth-order valence-corrected chi connectivity index (χ4v) is 3.84. The molecule has 0 bridgehead atoms. The quantitative estimate of drug-likeness (QED) is 0.293. The predicted molar refractivity (Wildman–Crippen MR) is 120 cm³/mol. The molecule has 3 heterocycles. The maximum absolute atomic E-state index is 6.12. The Hall–Kier alpha value is -3.00. The van der Waals surface area contributed by atoms with Crippen LogP contribution in [-0.4, -0.2) is 31.1 Å². The third-order valence-electron chi connectivity index (χ3n) is 4.83. The number of aromatic nitrogens is 5. The van der Waals surface area contributed by atoms with Gasteiger partial charge in [-0.3, -0.25) is 4.98 Å². The van der Waals surface area contributed by atoms with Gasteiger partial charge in [-0.2, -0.15) is 9.97 Å². The molecule has 0 aliphatic carbocycles. The van der Waals surface area contributed by atoms with Gasteiger partial charge in [0.05, 0.1) is 6.61 Å². The molecule has 0 amide bonds. The van der Waals surface area contributed by atoms with Gasteiger partial charge in [0, 0.05) is 18.9 Å². The van der Waals surface area contributed by atoms with Crippen LogP contribution in [0.5, 0.6) is 6.01 Å². The van der Waals surface area contributed by atoms with Gasteiger partial charge in [0.1, 0.15) is 0 Å². The minimum Gasteiger partial charge on any atom is -0.463 e. The maximum Gasteiger partial charge on any atom is 0.320 e. The Morgan fingerprint density at radius 3 is 2.43 bits per heavy atom. The van der Waals surface area contributed by atoms with Gasteiger partial charge in [-0.25, -0.2) is 4.98 Å². The molecule has 0 spiro atoms. The van der Waals surface area contributed by atoms with E-state index >= 15 is 0 Å². The Balaban J connectivity index is 1.41. The summed E-state index contributed by atoms with van der Waals surface area (Å²) < 4.78 is 8.48. The number of anilines is 1. The van der Waals surface area contributed by atoms with Crippen molar-refractivity contribution < 1.29 is 4.74 Å². The number of ether oxygens (including phenoxy) is 1. The topological polar surface area (TPSA) is 91.7 Å². The van der Waals surface area contributed by atoms with Gasteiger partial charge in [0.2, 0.25) is 0 Å². The normalized spacial score (nSPS) is 11.1. The summed E-state index contributed by atoms with van der Waals surface area (Å²) in [5.41, 5.74) is 9.93. The summed E-state index contributed by atoms with van der Waals surface area (Å²) in [7, 11) is 0. The third kappa shape index (κ3) is 4.94. The first kappa shape index (κ1) is 20.3. The molecule has 2 N–H and O–H groups in total. The number of pyridine rings is 1. The minimum atomic E-state index is 0.288. The van der Waals surface area contributed by atoms with Crippen molar-refractivity contribution in [2.75, 3.05) is 12.3 Å². The molecule has 1 aromatic carbocycles. The highest BCUT2D eigenvalue weighted by atomic mass is 79.9. The number of rotatable bonds is 9. The van der Waals surface area contributed by atoms with Gasteiger partial charge >= 0.3 is 6.01 Å². The lowest BCUT2D eigenvalue weighted by Crippen LogP contribution is -2.07. The number of fused-ring (bicyclic) bond motifs is 1. The Labute approximate surface area is 183 Å². The molecule has 0 atom stereocenters. The summed E-state index contributed by atoms with van der Waals surface area (Å²) in [5, 5.41) is 0. The van der Waals surface area contributed by atoms with E-state index in [0.717, 1.165) is 32.2 Å². The first-order valence-corrected chi connectivity index (χ1v) is 10.7. The number of halogens is 1. The average Bonchev–Trinajstić information content (AvgIpc) is 3.09. The molecule has 30 heavy (non-hydrogen) atoms. The molecular formula is C22H23BrN6O. The zero-order valence-corrected chi connectivity index (χ0v) is 18.1. The van der Waals surface area contributed by atoms with Crippen molar-refractivity contribution in [3.63, 3.8) is 0 Å². The molecule has 0 aliphatic rings. The van der Waals surface area contributed by atoms with Gasteiger partial charge in [0.15, 0.2) is 21.7 Å². The van der Waals surface area contributed by atoms with Crippen LogP contribution in [0.3, 0.4) is 0 Å². The molecule has 154 valence electrons. The first-order valence-electron chi connectivity index (χ1n) is 9.95. The van der Waals surface area contributed by atoms with E-state index in [1.807, 2.05) is 47.3 Å². The van der Waals surface area contributed by atoms with Crippen LogP contribution < -0.4 is 10.5 Å². The zero-order chi connectivity index (χ0) is 20.8. The van der Waals surface area contributed by atoms with E-state index in [-0.39, 0.29) is 6.01 Å². The second kappa shape index (κ2) is 9.67. The standard InChI is InChI=1S/C22H23BrN6O/c23-21-26-18-19(24)27-22(30-15-5-9-16-6-2-1-3-7-16)28-20(18)29(21)14-4-8-17-10-12-25-13-11-17/h1-3,6-7,10-13H,4-5,8-9,14-15H2,(H2,24,27,28). The van der Waals surface area contributed by atoms with Crippen molar-refractivity contribution in [3.05, 3.63) is 70.7 Å². The minimum absolute atomic E-state index is 0.288. The Kier molecular flexibility index (Phi) is 6.53. The number of benzene rings is 1. The predicted octanol–water partition coefficient (Wildman–Crippen LogP) is 4.21. The zero-order valence-electron chi connectivity index (χ0n) is 16.5. The van der Waals surface area contributed by atoms with E-state index in [2.05, 4.69) is 48.0 Å². The van der Waals surface area contributed by atoms with Gasteiger partial charge in [0.25, 0.3) is 0 Å². The SMILES string of the molecule is Nc1nc(OCCCc2ccccc2)nc2c1nc(Br)n2CCCc1ccncc1. The Morgan fingerprint density at radius 2 is 1.63 bits per heavy atom. The Bertz CT molecular complexity index is 1100. The number of aryl methyl sites for hydroxylation is 3. The van der Waals surface area contributed by atoms with E-state index in [1.165, 1.54) is 11.1 Å². The molecule has 0 aliphatic heterocycles. The lowest BCUT2D eigenvalue weighted by Gasteiger charge is -2.08. The van der Waals surface area contributed by atoms with Crippen LogP contribution in [-0.2, 0) is 19.4 Å². The lowest BCUT2D eigenvalue weighted by molar-refractivity contribution is 0.288. The third-order valence-corrected chi connectivity index (χ3v) is 5.44. The van der Waals surface area contributed by atoms with Crippen molar-refractivity contribution in [1.29, 1.82) is 0 Å². The monoisotopic (exact) mass is 466 g/mol. The summed E-state index contributed by atoms with van der Waals surface area (Å²) in [6.07, 6.45) is 7.32. The van der Waals surface area contributed by atoms with Crippen LogP contribution in [0.4, 0.5) is 5.82 Å². The van der Waals surface area contributed by atoms with E-state index in [1.54, 1.807) is 0 Å². The highest BCUT2D eigenvalue weighted by Crippen LogP contribution is 2.25. The molecule has 8 heteroatoms. The summed E-state index contributed by atoms with van der Waals surface area (Å²) in [6, 6.07) is 14.7. The molecule has 0 radical (unpaired) electrons. The number of imidazole rings is 1. The van der Waals surface area contributed by atoms with E-state index < -0.39 is 0 Å². The fourth-order valence-electron chi connectivity index (χ4n) is 3.31. The fraction of sp³-hybridized carbons (Fsp3) is 0.273. The van der Waals surface area contributed by atoms with Crippen LogP contribution >= 0.6 is 15.9 Å². The maximum atomic E-state index is 6.12. The lowest BCUT2D eigenvalue weighted by atomic mass is 10.1. The molecule has 3 aromatic heterocycles. The molecule has 4 aromatic rings. The van der Waals surface area contributed by atoms with E-state index in [4.69, 9.17) is 10.5 Å². The summed E-state index contributed by atoms with van der Waals surface area (Å²) in [4.78, 5) is 17.4. The summed E-state index contributed by atoms with van der Waals surface area (Å²) in [5.74, 6) is 0.326. The molecule has 0 saturated heterocycles. The van der Waals surface area contributed by atoms with Crippen molar-refractivity contribution in [3.8, 4) is 6.01 Å². The van der Waals surface area contributed by atoms with Crippen LogP contribution in [0.15, 0.2) is 59.6 Å². The largest absolute Gasteiger partial charge is 0.463 e. The van der Waals surface area contributed by atoms with Crippen LogP contribution in [0.25, 0.3) is 11.2 Å². The van der Waals surface area contributed by atoms with E-state index in [9.17, 15) is 0 Å². The smallest absolute Gasteiger partial charge is 0.320 e. The first-order chi connectivity index (χ1) is 14.7.